The van der Waals surface area contributed by atoms with E-state index in [2.05, 4.69) is 5.32 Å². The topological polar surface area (TPSA) is 73.6 Å². The molecule has 0 spiro atoms. The lowest BCUT2D eigenvalue weighted by Crippen LogP contribution is -2.48. The van der Waals surface area contributed by atoms with E-state index in [0.717, 1.165) is 12.8 Å². The molecule has 0 radical (unpaired) electrons. The van der Waals surface area contributed by atoms with Crippen LogP contribution in [0.25, 0.3) is 0 Å². The van der Waals surface area contributed by atoms with E-state index in [1.807, 2.05) is 6.92 Å². The summed E-state index contributed by atoms with van der Waals surface area (Å²) in [6, 6.07) is 5.40. The second kappa shape index (κ2) is 9.70. The van der Waals surface area contributed by atoms with Crippen LogP contribution in [-0.2, 0) is 9.53 Å². The van der Waals surface area contributed by atoms with Gasteiger partial charge < -0.3 is 20.5 Å². The second-order valence-corrected chi connectivity index (χ2v) is 5.61. The zero-order valence-corrected chi connectivity index (χ0v) is 14.0. The Morgan fingerprint density at radius 3 is 2.83 bits per heavy atom. The quantitative estimate of drug-likeness (QED) is 0.825. The third kappa shape index (κ3) is 6.33. The van der Waals surface area contributed by atoms with Crippen molar-refractivity contribution in [3.8, 4) is 5.75 Å². The molecule has 23 heavy (non-hydrogen) atoms. The molecule has 0 saturated carbocycles. The highest BCUT2D eigenvalue weighted by atomic mass is 35.5. The summed E-state index contributed by atoms with van der Waals surface area (Å²) in [6.45, 7) is 3.45. The van der Waals surface area contributed by atoms with Gasteiger partial charge in [-0.3, -0.25) is 4.79 Å². The molecule has 0 aliphatic carbocycles. The van der Waals surface area contributed by atoms with E-state index < -0.39 is 6.04 Å². The van der Waals surface area contributed by atoms with Crippen molar-refractivity contribution in [2.45, 2.75) is 31.9 Å². The van der Waals surface area contributed by atoms with Gasteiger partial charge in [0.2, 0.25) is 5.91 Å². The number of hydrogen-bond acceptors (Lipinski definition) is 4. The van der Waals surface area contributed by atoms with Crippen molar-refractivity contribution in [3.05, 3.63) is 30.1 Å². The van der Waals surface area contributed by atoms with Crippen LogP contribution in [0.4, 0.5) is 4.39 Å². The lowest BCUT2D eigenvalue weighted by Gasteiger charge is -2.27. The fourth-order valence-electron chi connectivity index (χ4n) is 2.47. The first-order chi connectivity index (χ1) is 10.6. The van der Waals surface area contributed by atoms with Crippen molar-refractivity contribution in [1.29, 1.82) is 0 Å². The normalized spacial score (nSPS) is 17.7. The number of hydrogen-bond donors (Lipinski definition) is 2. The molecule has 1 amide bonds. The highest BCUT2D eigenvalue weighted by Gasteiger charge is 2.26. The molecule has 5 nitrogen and oxygen atoms in total. The predicted octanol–water partition coefficient (Wildman–Crippen LogP) is 1.88. The van der Waals surface area contributed by atoms with Gasteiger partial charge in [-0.15, -0.1) is 12.4 Å². The van der Waals surface area contributed by atoms with Crippen LogP contribution < -0.4 is 15.8 Å². The number of benzene rings is 1. The van der Waals surface area contributed by atoms with Crippen LogP contribution in [0.3, 0.4) is 0 Å². The van der Waals surface area contributed by atoms with Gasteiger partial charge in [0.1, 0.15) is 17.7 Å². The summed E-state index contributed by atoms with van der Waals surface area (Å²) in [6.07, 6.45) is 1.35. The van der Waals surface area contributed by atoms with E-state index in [-0.39, 0.29) is 36.2 Å². The number of nitrogens with one attached hydrogen (secondary N) is 1. The van der Waals surface area contributed by atoms with Gasteiger partial charge >= 0.3 is 0 Å². The number of halogens is 2. The molecule has 1 fully saturated rings. The van der Waals surface area contributed by atoms with Crippen molar-refractivity contribution in [2.24, 2.45) is 11.7 Å². The lowest BCUT2D eigenvalue weighted by atomic mass is 9.92. The fourth-order valence-corrected chi connectivity index (χ4v) is 2.47. The summed E-state index contributed by atoms with van der Waals surface area (Å²) >= 11 is 0. The minimum absolute atomic E-state index is 0. The second-order valence-electron chi connectivity index (χ2n) is 5.61. The molecule has 2 rings (SSSR count). The molecule has 1 saturated heterocycles. The van der Waals surface area contributed by atoms with Gasteiger partial charge in [0, 0.05) is 19.3 Å². The molecule has 3 N–H and O–H groups in total. The molecular formula is C16H24ClFN2O3. The van der Waals surface area contributed by atoms with Gasteiger partial charge in [-0.25, -0.2) is 4.39 Å². The van der Waals surface area contributed by atoms with Crippen LogP contribution in [0.1, 0.15) is 19.8 Å². The number of carbonyl (C=O) groups excluding carboxylic acids is 1. The molecule has 1 aliphatic rings. The zero-order valence-electron chi connectivity index (χ0n) is 13.2. The van der Waals surface area contributed by atoms with E-state index in [0.29, 0.717) is 25.5 Å². The Bertz CT molecular complexity index is 498. The standard InChI is InChI=1S/C16H23FN2O3.ClH/c1-11(22-14-4-2-3-13(17)9-14)10-19-16(20)15(18)12-5-7-21-8-6-12;/h2-4,9,11-12,15H,5-8,10,18H2,1H3,(H,19,20);1H. The molecule has 1 heterocycles. The van der Waals surface area contributed by atoms with Gasteiger partial charge in [0.05, 0.1) is 12.6 Å². The zero-order chi connectivity index (χ0) is 15.9. The Balaban J connectivity index is 0.00000264. The Labute approximate surface area is 142 Å². The maximum Gasteiger partial charge on any atom is 0.237 e. The van der Waals surface area contributed by atoms with E-state index in [1.165, 1.54) is 12.1 Å². The predicted molar refractivity (Wildman–Crippen MR) is 88.3 cm³/mol. The van der Waals surface area contributed by atoms with Crippen LogP contribution in [0.2, 0.25) is 0 Å². The van der Waals surface area contributed by atoms with E-state index in [9.17, 15) is 9.18 Å². The van der Waals surface area contributed by atoms with Gasteiger partial charge in [0.15, 0.2) is 0 Å². The summed E-state index contributed by atoms with van der Waals surface area (Å²) in [5, 5.41) is 2.79. The van der Waals surface area contributed by atoms with Crippen molar-refractivity contribution < 1.29 is 18.7 Å². The van der Waals surface area contributed by atoms with Gasteiger partial charge in [-0.2, -0.15) is 0 Å². The summed E-state index contributed by atoms with van der Waals surface area (Å²) in [5.74, 6) is 0.0699. The largest absolute Gasteiger partial charge is 0.489 e. The lowest BCUT2D eigenvalue weighted by molar-refractivity contribution is -0.124. The van der Waals surface area contributed by atoms with Crippen molar-refractivity contribution in [3.63, 3.8) is 0 Å². The highest BCUT2D eigenvalue weighted by molar-refractivity contribution is 5.85. The van der Waals surface area contributed by atoms with Crippen LogP contribution in [0, 0.1) is 11.7 Å². The minimum atomic E-state index is -0.523. The van der Waals surface area contributed by atoms with Gasteiger partial charge in [-0.1, -0.05) is 6.07 Å². The Morgan fingerprint density at radius 1 is 1.48 bits per heavy atom. The number of nitrogens with two attached hydrogens (primary N) is 1. The molecule has 1 aromatic rings. The van der Waals surface area contributed by atoms with Crippen LogP contribution in [-0.4, -0.2) is 37.8 Å². The number of carbonyl (C=O) groups is 1. The van der Waals surface area contributed by atoms with Crippen molar-refractivity contribution in [2.75, 3.05) is 19.8 Å². The van der Waals surface area contributed by atoms with Crippen LogP contribution in [0.5, 0.6) is 5.75 Å². The van der Waals surface area contributed by atoms with Gasteiger partial charge in [-0.05, 0) is 37.8 Å². The third-order valence-corrected chi connectivity index (χ3v) is 3.77. The van der Waals surface area contributed by atoms with Crippen molar-refractivity contribution in [1.82, 2.24) is 5.32 Å². The fraction of sp³-hybridized carbons (Fsp3) is 0.562. The van der Waals surface area contributed by atoms with Crippen LogP contribution in [0.15, 0.2) is 24.3 Å². The first-order valence-corrected chi connectivity index (χ1v) is 7.59. The average Bonchev–Trinajstić information content (AvgIpc) is 2.52. The SMILES string of the molecule is CC(CNC(=O)C(N)C1CCOCC1)Oc1cccc(F)c1.Cl. The molecule has 0 aromatic heterocycles. The Kier molecular flexibility index (Phi) is 8.30. The molecule has 1 aromatic carbocycles. The molecule has 0 bridgehead atoms. The smallest absolute Gasteiger partial charge is 0.237 e. The summed E-state index contributed by atoms with van der Waals surface area (Å²) < 4.78 is 23.9. The molecule has 2 unspecified atom stereocenters. The number of ether oxygens (including phenoxy) is 2. The third-order valence-electron chi connectivity index (χ3n) is 3.77. The first kappa shape index (κ1) is 19.7. The Morgan fingerprint density at radius 2 is 2.17 bits per heavy atom. The number of rotatable bonds is 6. The van der Waals surface area contributed by atoms with Crippen molar-refractivity contribution >= 4 is 18.3 Å². The maximum absolute atomic E-state index is 13.1. The molecule has 1 aliphatic heterocycles. The molecular weight excluding hydrogens is 323 g/mol. The summed E-state index contributed by atoms with van der Waals surface area (Å²) in [4.78, 5) is 12.1. The Hall–Kier alpha value is -1.37. The molecule has 130 valence electrons. The van der Waals surface area contributed by atoms with Gasteiger partial charge in [0.25, 0.3) is 0 Å². The number of amides is 1. The average molecular weight is 347 g/mol. The summed E-state index contributed by atoms with van der Waals surface area (Å²) in [5.41, 5.74) is 5.99. The minimum Gasteiger partial charge on any atom is -0.489 e. The monoisotopic (exact) mass is 346 g/mol. The van der Waals surface area contributed by atoms with E-state index >= 15 is 0 Å². The van der Waals surface area contributed by atoms with Crippen LogP contribution >= 0.6 is 12.4 Å². The molecule has 2 atom stereocenters. The highest BCUT2D eigenvalue weighted by Crippen LogP contribution is 2.17. The molecule has 7 heteroatoms. The maximum atomic E-state index is 13.1. The van der Waals surface area contributed by atoms with E-state index in [4.69, 9.17) is 15.2 Å². The first-order valence-electron chi connectivity index (χ1n) is 7.59. The summed E-state index contributed by atoms with van der Waals surface area (Å²) in [7, 11) is 0. The van der Waals surface area contributed by atoms with E-state index in [1.54, 1.807) is 12.1 Å².